The number of halogens is 2. The number of nitrogens with zero attached hydrogens (tertiary/aromatic N) is 3. The summed E-state index contributed by atoms with van der Waals surface area (Å²) in [5, 5.41) is 21.0. The number of anilines is 1. The van der Waals surface area contributed by atoms with Gasteiger partial charge in [-0.25, -0.2) is 14.2 Å². The van der Waals surface area contributed by atoms with E-state index >= 15 is 0 Å². The van der Waals surface area contributed by atoms with E-state index in [1.165, 1.54) is 12.1 Å². The minimum Gasteiger partial charge on any atom is -0.394 e. The van der Waals surface area contributed by atoms with E-state index in [0.717, 1.165) is 23.0 Å². The smallest absolute Gasteiger partial charge is 0.351 e. The Hall–Kier alpha value is -2.76. The average molecular weight is 368 g/mol. The van der Waals surface area contributed by atoms with E-state index in [-0.39, 0.29) is 11.4 Å². The molecule has 26 heavy (non-hydrogen) atoms. The van der Waals surface area contributed by atoms with Crippen molar-refractivity contribution in [3.8, 4) is 0 Å². The van der Waals surface area contributed by atoms with Gasteiger partial charge in [0.2, 0.25) is 5.95 Å². The molecule has 138 valence electrons. The lowest BCUT2D eigenvalue weighted by Gasteiger charge is -2.16. The number of amides is 1. The van der Waals surface area contributed by atoms with Crippen molar-refractivity contribution in [3.63, 3.8) is 0 Å². The Morgan fingerprint density at radius 1 is 1.38 bits per heavy atom. The van der Waals surface area contributed by atoms with Gasteiger partial charge in [0.05, 0.1) is 12.2 Å². The highest BCUT2D eigenvalue weighted by Crippen LogP contribution is 2.30. The van der Waals surface area contributed by atoms with E-state index in [2.05, 4.69) is 15.3 Å². The van der Waals surface area contributed by atoms with E-state index in [4.69, 9.17) is 9.84 Å². The maximum absolute atomic E-state index is 14.1. The van der Waals surface area contributed by atoms with Gasteiger partial charge in [0.25, 0.3) is 5.91 Å². The normalized spacial score (nSPS) is 25.2. The Balaban J connectivity index is 1.77. The van der Waals surface area contributed by atoms with Crippen LogP contribution in [0.25, 0.3) is 0 Å². The molecule has 1 amide bonds. The Bertz CT molecular complexity index is 860. The predicted octanol–water partition coefficient (Wildman–Crippen LogP) is -0.382. The van der Waals surface area contributed by atoms with Crippen LogP contribution < -0.4 is 11.0 Å². The molecule has 0 aliphatic carbocycles. The third-order valence-electron chi connectivity index (χ3n) is 3.81. The first-order valence-corrected chi connectivity index (χ1v) is 7.51. The molecule has 2 aromatic rings. The quantitative estimate of drug-likeness (QED) is 0.628. The van der Waals surface area contributed by atoms with Crippen molar-refractivity contribution >= 4 is 11.7 Å². The number of alkyl halides is 1. The molecule has 3 N–H and O–H groups in total. The monoisotopic (exact) mass is 368 g/mol. The SMILES string of the molecule is O=C(Nc1ccn([C@@H]2O[C@H](CO)[C@@H](O)[C@H]2F)c(=O)n1)c1ccc(F)nc1. The number of carbonyl (C=O) groups is 1. The third-order valence-corrected chi connectivity index (χ3v) is 3.81. The molecule has 1 saturated heterocycles. The Labute approximate surface area is 144 Å². The number of rotatable bonds is 4. The van der Waals surface area contributed by atoms with Crippen molar-refractivity contribution in [1.82, 2.24) is 14.5 Å². The predicted molar refractivity (Wildman–Crippen MR) is 82.5 cm³/mol. The van der Waals surface area contributed by atoms with Crippen LogP contribution in [0.15, 0.2) is 35.4 Å². The fourth-order valence-corrected chi connectivity index (χ4v) is 2.45. The molecule has 0 bridgehead atoms. The van der Waals surface area contributed by atoms with Crippen molar-refractivity contribution in [3.05, 3.63) is 52.6 Å². The standard InChI is InChI=1S/C15H14F2N4O5/c16-9-2-1-7(5-18-9)13(24)19-10-3-4-21(15(25)20-10)14-11(17)12(23)8(6-22)26-14/h1-5,8,11-12,14,22-23H,6H2,(H,19,20,24,25)/t8-,11-,12-,14-/m1/s1. The molecule has 2 aromatic heterocycles. The topological polar surface area (TPSA) is 127 Å². The second kappa shape index (κ2) is 7.23. The van der Waals surface area contributed by atoms with Crippen LogP contribution in [0.1, 0.15) is 16.6 Å². The zero-order valence-corrected chi connectivity index (χ0v) is 13.1. The van der Waals surface area contributed by atoms with Crippen molar-refractivity contribution in [1.29, 1.82) is 0 Å². The molecule has 3 rings (SSSR count). The number of aliphatic hydroxyl groups excluding tert-OH is 2. The van der Waals surface area contributed by atoms with Gasteiger partial charge in [0.15, 0.2) is 12.4 Å². The van der Waals surface area contributed by atoms with Gasteiger partial charge in [-0.15, -0.1) is 0 Å². The lowest BCUT2D eigenvalue weighted by molar-refractivity contribution is -0.0490. The van der Waals surface area contributed by atoms with Crippen LogP contribution in [-0.2, 0) is 4.74 Å². The second-order valence-electron chi connectivity index (χ2n) is 5.51. The minimum atomic E-state index is -1.93. The van der Waals surface area contributed by atoms with Crippen molar-refractivity contribution in [2.45, 2.75) is 24.6 Å². The lowest BCUT2D eigenvalue weighted by atomic mass is 10.1. The van der Waals surface area contributed by atoms with Crippen LogP contribution in [0.5, 0.6) is 0 Å². The summed E-state index contributed by atoms with van der Waals surface area (Å²) in [6.45, 7) is -0.611. The van der Waals surface area contributed by atoms with Gasteiger partial charge in [-0.3, -0.25) is 9.36 Å². The molecule has 0 unspecified atom stereocenters. The van der Waals surface area contributed by atoms with E-state index in [1.807, 2.05) is 0 Å². The number of carbonyl (C=O) groups excluding carboxylic acids is 1. The lowest BCUT2D eigenvalue weighted by Crippen LogP contribution is -2.33. The fourth-order valence-electron chi connectivity index (χ4n) is 2.45. The third kappa shape index (κ3) is 3.45. The molecule has 0 spiro atoms. The molecular formula is C15H14F2N4O5. The first-order valence-electron chi connectivity index (χ1n) is 7.51. The highest BCUT2D eigenvalue weighted by Gasteiger charge is 2.45. The zero-order chi connectivity index (χ0) is 18.8. The first kappa shape index (κ1) is 18.0. The van der Waals surface area contributed by atoms with Gasteiger partial charge in [-0.2, -0.15) is 9.37 Å². The van der Waals surface area contributed by atoms with E-state index in [0.29, 0.717) is 0 Å². The largest absolute Gasteiger partial charge is 0.394 e. The molecule has 9 nitrogen and oxygen atoms in total. The Morgan fingerprint density at radius 2 is 2.15 bits per heavy atom. The summed E-state index contributed by atoms with van der Waals surface area (Å²) in [7, 11) is 0. The summed E-state index contributed by atoms with van der Waals surface area (Å²) in [6.07, 6.45) is -3.97. The molecule has 1 fully saturated rings. The molecule has 0 saturated carbocycles. The first-order chi connectivity index (χ1) is 12.4. The van der Waals surface area contributed by atoms with Gasteiger partial charge in [0, 0.05) is 12.4 Å². The van der Waals surface area contributed by atoms with Gasteiger partial charge < -0.3 is 20.3 Å². The molecule has 3 heterocycles. The molecule has 0 radical (unpaired) electrons. The van der Waals surface area contributed by atoms with Crippen molar-refractivity contribution in [2.75, 3.05) is 11.9 Å². The molecule has 4 atom stereocenters. The molecule has 1 aliphatic rings. The maximum atomic E-state index is 14.1. The van der Waals surface area contributed by atoms with E-state index in [9.17, 15) is 23.5 Å². The summed E-state index contributed by atoms with van der Waals surface area (Å²) in [6, 6.07) is 3.43. The number of aliphatic hydroxyl groups is 2. The second-order valence-corrected chi connectivity index (χ2v) is 5.51. The Morgan fingerprint density at radius 3 is 2.73 bits per heavy atom. The van der Waals surface area contributed by atoms with E-state index < -0.39 is 48.8 Å². The van der Waals surface area contributed by atoms with Gasteiger partial charge in [-0.05, 0) is 18.2 Å². The van der Waals surface area contributed by atoms with Crippen LogP contribution >= 0.6 is 0 Å². The fraction of sp³-hybridized carbons (Fsp3) is 0.333. The van der Waals surface area contributed by atoms with E-state index in [1.54, 1.807) is 0 Å². The molecule has 1 aliphatic heterocycles. The summed E-state index contributed by atoms with van der Waals surface area (Å²) < 4.78 is 32.8. The number of hydrogen-bond donors (Lipinski definition) is 3. The number of nitrogens with one attached hydrogen (secondary N) is 1. The number of pyridine rings is 1. The Kier molecular flexibility index (Phi) is 5.02. The van der Waals surface area contributed by atoms with Crippen molar-refractivity contribution in [2.24, 2.45) is 0 Å². The van der Waals surface area contributed by atoms with Crippen LogP contribution in [0.3, 0.4) is 0 Å². The van der Waals surface area contributed by atoms with Crippen LogP contribution in [-0.4, -0.2) is 55.6 Å². The van der Waals surface area contributed by atoms with Crippen molar-refractivity contribution < 1.29 is 28.5 Å². The molecule has 11 heteroatoms. The average Bonchev–Trinajstić information content (AvgIpc) is 2.90. The summed E-state index contributed by atoms with van der Waals surface area (Å²) in [5.74, 6) is -1.53. The molecular weight excluding hydrogens is 354 g/mol. The van der Waals surface area contributed by atoms with Crippen LogP contribution in [0, 0.1) is 5.95 Å². The van der Waals surface area contributed by atoms with Crippen LogP contribution in [0.4, 0.5) is 14.6 Å². The highest BCUT2D eigenvalue weighted by molar-refractivity contribution is 6.03. The molecule has 0 aromatic carbocycles. The highest BCUT2D eigenvalue weighted by atomic mass is 19.1. The zero-order valence-electron chi connectivity index (χ0n) is 13.1. The maximum Gasteiger partial charge on any atom is 0.351 e. The van der Waals surface area contributed by atoms with Crippen LogP contribution in [0.2, 0.25) is 0 Å². The summed E-state index contributed by atoms with van der Waals surface area (Å²) >= 11 is 0. The van der Waals surface area contributed by atoms with Gasteiger partial charge in [-0.1, -0.05) is 0 Å². The van der Waals surface area contributed by atoms with Gasteiger partial charge >= 0.3 is 5.69 Å². The number of ether oxygens (including phenoxy) is 1. The minimum absolute atomic E-state index is 0.0502. The summed E-state index contributed by atoms with van der Waals surface area (Å²) in [4.78, 5) is 31.0. The number of hydrogen-bond acceptors (Lipinski definition) is 7. The number of aromatic nitrogens is 3. The summed E-state index contributed by atoms with van der Waals surface area (Å²) in [5.41, 5.74) is -0.882. The van der Waals surface area contributed by atoms with Gasteiger partial charge in [0.1, 0.15) is 18.0 Å².